The van der Waals surface area contributed by atoms with Crippen LogP contribution in [0.3, 0.4) is 0 Å². The Hall–Kier alpha value is -2.21. The van der Waals surface area contributed by atoms with Crippen LogP contribution in [-0.2, 0) is 0 Å². The molecule has 0 saturated carbocycles. The maximum Gasteiger partial charge on any atom is 0.200 e. The number of aromatic nitrogens is 4. The van der Waals surface area contributed by atoms with E-state index in [1.54, 1.807) is 10.9 Å². The van der Waals surface area contributed by atoms with Gasteiger partial charge in [0.15, 0.2) is 11.0 Å². The Morgan fingerprint density at radius 3 is 2.71 bits per heavy atom. The number of para-hydroxylation sites is 1. The normalized spacial score (nSPS) is 10.6. The molecule has 2 N–H and O–H groups in total. The second-order valence-electron chi connectivity index (χ2n) is 3.47. The Kier molecular flexibility index (Phi) is 2.34. The molecule has 0 fully saturated rings. The quantitative estimate of drug-likeness (QED) is 0.747. The minimum atomic E-state index is 0.465. The van der Waals surface area contributed by atoms with Gasteiger partial charge in [-0.1, -0.05) is 18.2 Å². The topological polar surface area (TPSA) is 69.6 Å². The molecule has 0 spiro atoms. The van der Waals surface area contributed by atoms with Crippen molar-refractivity contribution in [2.75, 3.05) is 5.73 Å². The summed E-state index contributed by atoms with van der Waals surface area (Å²) in [5.74, 6) is 0.620. The highest BCUT2D eigenvalue weighted by Crippen LogP contribution is 2.19. The van der Waals surface area contributed by atoms with Crippen molar-refractivity contribution < 1.29 is 0 Å². The van der Waals surface area contributed by atoms with Crippen molar-refractivity contribution in [1.29, 1.82) is 0 Å². The number of hydrogen-bond acceptors (Lipinski definition) is 5. The van der Waals surface area contributed by atoms with Gasteiger partial charge in [-0.25, -0.2) is 4.68 Å². The summed E-state index contributed by atoms with van der Waals surface area (Å²) in [6, 6.07) is 9.88. The molecule has 0 amide bonds. The summed E-state index contributed by atoms with van der Waals surface area (Å²) in [5.41, 5.74) is 7.42. The first-order valence-electron chi connectivity index (χ1n) is 5.02. The van der Waals surface area contributed by atoms with Crippen molar-refractivity contribution in [2.24, 2.45) is 0 Å². The van der Waals surface area contributed by atoms with Gasteiger partial charge >= 0.3 is 0 Å². The summed E-state index contributed by atoms with van der Waals surface area (Å²) < 4.78 is 5.93. The largest absolute Gasteiger partial charge is 0.374 e. The van der Waals surface area contributed by atoms with E-state index in [4.69, 9.17) is 5.73 Å². The second kappa shape index (κ2) is 3.99. The van der Waals surface area contributed by atoms with Gasteiger partial charge < -0.3 is 5.73 Å². The molecule has 84 valence electrons. The lowest BCUT2D eigenvalue weighted by Gasteiger charge is -1.98. The molecule has 0 aliphatic heterocycles. The molecule has 2 heterocycles. The molecule has 6 heteroatoms. The first kappa shape index (κ1) is 9.98. The first-order chi connectivity index (χ1) is 8.33. The van der Waals surface area contributed by atoms with Crippen LogP contribution in [0, 0.1) is 0 Å². The molecule has 0 unspecified atom stereocenters. The highest BCUT2D eigenvalue weighted by Gasteiger charge is 2.07. The Labute approximate surface area is 102 Å². The fourth-order valence-electron chi connectivity index (χ4n) is 1.51. The first-order valence-corrected chi connectivity index (χ1v) is 5.80. The molecule has 1 aromatic carbocycles. The molecule has 0 saturated heterocycles. The number of nitrogens with two attached hydrogens (primary N) is 1. The Morgan fingerprint density at radius 2 is 2.00 bits per heavy atom. The standard InChI is InChI=1S/C11H9N5S/c12-11-14-10(15-17-11)8-6-13-16(7-8)9-4-2-1-3-5-9/h1-7H,(H2,12,14,15). The number of benzene rings is 1. The summed E-state index contributed by atoms with van der Waals surface area (Å²) in [7, 11) is 0. The Bertz CT molecular complexity index is 628. The van der Waals surface area contributed by atoms with Gasteiger partial charge in [0.2, 0.25) is 0 Å². The maximum absolute atomic E-state index is 5.55. The summed E-state index contributed by atoms with van der Waals surface area (Å²) in [5, 5.41) is 4.74. The van der Waals surface area contributed by atoms with E-state index < -0.39 is 0 Å². The molecule has 0 aliphatic rings. The van der Waals surface area contributed by atoms with Crippen LogP contribution in [0.25, 0.3) is 17.1 Å². The van der Waals surface area contributed by atoms with Crippen LogP contribution in [-0.4, -0.2) is 19.1 Å². The Balaban J connectivity index is 1.99. The van der Waals surface area contributed by atoms with E-state index in [-0.39, 0.29) is 0 Å². The van der Waals surface area contributed by atoms with Gasteiger partial charge in [0.25, 0.3) is 0 Å². The molecule has 5 nitrogen and oxygen atoms in total. The number of anilines is 1. The molecule has 2 aromatic heterocycles. The zero-order chi connectivity index (χ0) is 11.7. The predicted molar refractivity (Wildman–Crippen MR) is 66.9 cm³/mol. The predicted octanol–water partition coefficient (Wildman–Crippen LogP) is 1.97. The van der Waals surface area contributed by atoms with Crippen molar-refractivity contribution in [3.8, 4) is 17.1 Å². The molecule has 0 radical (unpaired) electrons. The van der Waals surface area contributed by atoms with Crippen LogP contribution < -0.4 is 5.73 Å². The van der Waals surface area contributed by atoms with E-state index >= 15 is 0 Å². The van der Waals surface area contributed by atoms with Crippen molar-refractivity contribution in [3.63, 3.8) is 0 Å². The van der Waals surface area contributed by atoms with Crippen LogP contribution in [0.5, 0.6) is 0 Å². The molecule has 3 aromatic rings. The van der Waals surface area contributed by atoms with Crippen molar-refractivity contribution >= 4 is 16.7 Å². The van der Waals surface area contributed by atoms with Crippen molar-refractivity contribution in [2.45, 2.75) is 0 Å². The van der Waals surface area contributed by atoms with Crippen LogP contribution in [0.2, 0.25) is 0 Å². The van der Waals surface area contributed by atoms with Crippen LogP contribution in [0.4, 0.5) is 5.13 Å². The van der Waals surface area contributed by atoms with Crippen LogP contribution in [0.1, 0.15) is 0 Å². The third-order valence-electron chi connectivity index (χ3n) is 2.30. The molecule has 0 bridgehead atoms. The SMILES string of the molecule is Nc1nc(-c2cnn(-c3ccccc3)c2)ns1. The van der Waals surface area contributed by atoms with Crippen molar-refractivity contribution in [1.82, 2.24) is 19.1 Å². The smallest absolute Gasteiger partial charge is 0.200 e. The summed E-state index contributed by atoms with van der Waals surface area (Å²) in [6.45, 7) is 0. The summed E-state index contributed by atoms with van der Waals surface area (Å²) in [4.78, 5) is 4.12. The van der Waals surface area contributed by atoms with Gasteiger partial charge in [-0.3, -0.25) is 0 Å². The maximum atomic E-state index is 5.55. The zero-order valence-electron chi connectivity index (χ0n) is 8.82. The number of nitrogen functional groups attached to an aromatic ring is 1. The number of rotatable bonds is 2. The van der Waals surface area contributed by atoms with E-state index in [0.717, 1.165) is 11.3 Å². The van der Waals surface area contributed by atoms with Crippen LogP contribution >= 0.6 is 11.5 Å². The second-order valence-corrected chi connectivity index (χ2v) is 4.25. The molecule has 0 atom stereocenters. The number of hydrogen-bond donors (Lipinski definition) is 1. The number of nitrogens with zero attached hydrogens (tertiary/aromatic N) is 4. The minimum absolute atomic E-state index is 0.465. The zero-order valence-corrected chi connectivity index (χ0v) is 9.63. The fourth-order valence-corrected chi connectivity index (χ4v) is 1.97. The molecular weight excluding hydrogens is 234 g/mol. The monoisotopic (exact) mass is 243 g/mol. The molecule has 3 rings (SSSR count). The Morgan fingerprint density at radius 1 is 1.18 bits per heavy atom. The highest BCUT2D eigenvalue weighted by molar-refractivity contribution is 7.09. The van der Waals surface area contributed by atoms with E-state index in [1.165, 1.54) is 11.5 Å². The fraction of sp³-hybridized carbons (Fsp3) is 0. The lowest BCUT2D eigenvalue weighted by molar-refractivity contribution is 0.880. The van der Waals surface area contributed by atoms with Gasteiger partial charge in [-0.15, -0.1) is 0 Å². The average molecular weight is 243 g/mol. The van der Waals surface area contributed by atoms with Gasteiger partial charge in [0.05, 0.1) is 17.4 Å². The van der Waals surface area contributed by atoms with Gasteiger partial charge in [-0.2, -0.15) is 14.5 Å². The van der Waals surface area contributed by atoms with E-state index in [1.807, 2.05) is 36.5 Å². The molecule has 17 heavy (non-hydrogen) atoms. The van der Waals surface area contributed by atoms with Gasteiger partial charge in [-0.05, 0) is 12.1 Å². The van der Waals surface area contributed by atoms with E-state index in [9.17, 15) is 0 Å². The third-order valence-corrected chi connectivity index (χ3v) is 2.85. The van der Waals surface area contributed by atoms with Gasteiger partial charge in [0.1, 0.15) is 0 Å². The lowest BCUT2D eigenvalue weighted by atomic mass is 10.3. The lowest BCUT2D eigenvalue weighted by Crippen LogP contribution is -1.92. The molecule has 0 aliphatic carbocycles. The van der Waals surface area contributed by atoms with Crippen molar-refractivity contribution in [3.05, 3.63) is 42.7 Å². The van der Waals surface area contributed by atoms with E-state index in [0.29, 0.717) is 11.0 Å². The molecular formula is C11H9N5S. The summed E-state index contributed by atoms with van der Waals surface area (Å²) in [6.07, 6.45) is 3.62. The third kappa shape index (κ3) is 1.90. The van der Waals surface area contributed by atoms with Gasteiger partial charge in [0, 0.05) is 17.7 Å². The van der Waals surface area contributed by atoms with E-state index in [2.05, 4.69) is 14.5 Å². The average Bonchev–Trinajstić information content (AvgIpc) is 2.98. The highest BCUT2D eigenvalue weighted by atomic mass is 32.1. The minimum Gasteiger partial charge on any atom is -0.374 e. The summed E-state index contributed by atoms with van der Waals surface area (Å²) >= 11 is 1.18. The van der Waals surface area contributed by atoms with Crippen LogP contribution in [0.15, 0.2) is 42.7 Å².